The Morgan fingerprint density at radius 3 is 2.19 bits per heavy atom. The molecule has 2 aliphatic rings. The van der Waals surface area contributed by atoms with Gasteiger partial charge in [-0.05, 0) is 34.7 Å². The largest absolute Gasteiger partial charge is 0.481 e. The molecule has 3 heterocycles. The van der Waals surface area contributed by atoms with E-state index in [0.29, 0.717) is 18.0 Å². The van der Waals surface area contributed by atoms with Crippen molar-refractivity contribution in [3.05, 3.63) is 52.5 Å². The van der Waals surface area contributed by atoms with Crippen LogP contribution in [-0.4, -0.2) is 99.6 Å². The third-order valence-corrected chi connectivity index (χ3v) is 11.5. The van der Waals surface area contributed by atoms with Gasteiger partial charge >= 0.3 is 5.97 Å². The monoisotopic (exact) mass is 808 g/mol. The van der Waals surface area contributed by atoms with Gasteiger partial charge in [-0.3, -0.25) is 33.8 Å². The van der Waals surface area contributed by atoms with Gasteiger partial charge in [0.1, 0.15) is 41.6 Å². The Hall–Kier alpha value is -4.86. The van der Waals surface area contributed by atoms with E-state index in [1.165, 1.54) is 22.4 Å². The van der Waals surface area contributed by atoms with E-state index in [1.54, 1.807) is 12.3 Å². The summed E-state index contributed by atoms with van der Waals surface area (Å²) in [5.41, 5.74) is -0.759. The van der Waals surface area contributed by atoms with Crippen LogP contribution in [0.5, 0.6) is 0 Å². The number of benzene rings is 1. The fourth-order valence-electron chi connectivity index (χ4n) is 7.26. The summed E-state index contributed by atoms with van der Waals surface area (Å²) in [6, 6.07) is 3.50. The topological polar surface area (TPSA) is 211 Å². The Bertz CT molecular complexity index is 1790. The quantitative estimate of drug-likeness (QED) is 0.196. The van der Waals surface area contributed by atoms with Crippen LogP contribution in [-0.2, 0) is 28.8 Å². The fourth-order valence-corrected chi connectivity index (χ4v) is 7.95. The number of rotatable bonds is 11. The van der Waals surface area contributed by atoms with Crippen molar-refractivity contribution in [1.82, 2.24) is 36.5 Å². The number of carboxylic acid groups (broad SMARTS) is 1. The minimum Gasteiger partial charge on any atom is -0.481 e. The molecule has 2 aliphatic heterocycles. The molecule has 0 spiro atoms. The van der Waals surface area contributed by atoms with Crippen LogP contribution in [0.2, 0.25) is 0 Å². The molecular formula is C41H60N8O7S. The molecule has 1 fully saturated rings. The zero-order chi connectivity index (χ0) is 42.4. The molecule has 5 amide bonds. The fraction of sp³-hybridized carbons (Fsp3) is 0.610. The van der Waals surface area contributed by atoms with Crippen LogP contribution in [0.25, 0.3) is 0 Å². The van der Waals surface area contributed by atoms with Crippen LogP contribution in [0.3, 0.4) is 0 Å². The van der Waals surface area contributed by atoms with Crippen LogP contribution >= 0.6 is 11.3 Å². The molecule has 1 aromatic heterocycles. The van der Waals surface area contributed by atoms with Gasteiger partial charge < -0.3 is 36.6 Å². The smallest absolute Gasteiger partial charge is 0.305 e. The lowest BCUT2D eigenvalue weighted by molar-refractivity contribution is -0.140. The Morgan fingerprint density at radius 2 is 1.63 bits per heavy atom. The second-order valence-electron chi connectivity index (χ2n) is 17.7. The molecule has 0 bridgehead atoms. The number of hydrogen-bond donors (Lipinski definition) is 6. The Kier molecular flexibility index (Phi) is 14.6. The molecule has 0 aliphatic carbocycles. The number of carboxylic acids is 1. The summed E-state index contributed by atoms with van der Waals surface area (Å²) in [5, 5.41) is 26.9. The minimum atomic E-state index is -1.16. The SMILES string of the molecule is CC(C)[C@@H]1NC(=O)[C@@H]2[C@H](C)CCN2C(=O)CN=C(N[C@H](C(=O)N[C@H](C(=O)N[C@@H](CC(=O)O)c2nccs2)C(C)c2ccccc2)C(C)(C)C)[C@H](C(C)(C)C)NC1=O. The summed E-state index contributed by atoms with van der Waals surface area (Å²) >= 11 is 1.21. The summed E-state index contributed by atoms with van der Waals surface area (Å²) < 4.78 is 0. The van der Waals surface area contributed by atoms with Gasteiger partial charge in [0.25, 0.3) is 0 Å². The Labute approximate surface area is 339 Å². The molecule has 1 unspecified atom stereocenters. The first-order chi connectivity index (χ1) is 26.6. The lowest BCUT2D eigenvalue weighted by Gasteiger charge is -2.39. The van der Waals surface area contributed by atoms with E-state index in [2.05, 4.69) is 31.6 Å². The molecule has 6 N–H and O–H groups in total. The zero-order valence-corrected chi connectivity index (χ0v) is 35.5. The number of aliphatic imine (C=N–C) groups is 1. The highest BCUT2D eigenvalue weighted by molar-refractivity contribution is 7.09. The molecule has 4 rings (SSSR count). The van der Waals surface area contributed by atoms with Crippen LogP contribution < -0.4 is 26.6 Å². The summed E-state index contributed by atoms with van der Waals surface area (Å²) in [6.07, 6.45) is 1.73. The molecule has 15 nitrogen and oxygen atoms in total. The van der Waals surface area contributed by atoms with Gasteiger partial charge in [0.2, 0.25) is 29.5 Å². The Morgan fingerprint density at radius 1 is 0.965 bits per heavy atom. The number of carbonyl (C=O) groups is 6. The van der Waals surface area contributed by atoms with E-state index in [-0.39, 0.29) is 36.0 Å². The van der Waals surface area contributed by atoms with Crippen molar-refractivity contribution in [3.8, 4) is 0 Å². The highest BCUT2D eigenvalue weighted by Gasteiger charge is 2.44. The van der Waals surface area contributed by atoms with E-state index in [9.17, 15) is 33.9 Å². The normalized spacial score (nSPS) is 23.0. The molecule has 16 heteroatoms. The molecule has 8 atom stereocenters. The molecule has 312 valence electrons. The summed E-state index contributed by atoms with van der Waals surface area (Å²) in [5.74, 6) is -4.25. The first-order valence-electron chi connectivity index (χ1n) is 19.6. The van der Waals surface area contributed by atoms with Crippen molar-refractivity contribution >= 4 is 52.7 Å². The predicted octanol–water partition coefficient (Wildman–Crippen LogP) is 3.39. The van der Waals surface area contributed by atoms with E-state index in [0.717, 1.165) is 5.56 Å². The van der Waals surface area contributed by atoms with Crippen molar-refractivity contribution < 1.29 is 33.9 Å². The number of fused-ring (bicyclic) bond motifs is 1. The highest BCUT2D eigenvalue weighted by atomic mass is 32.1. The van der Waals surface area contributed by atoms with Gasteiger partial charge in [-0.25, -0.2) is 4.98 Å². The average molecular weight is 809 g/mol. The number of amidine groups is 1. The number of nitrogens with zero attached hydrogens (tertiary/aromatic N) is 3. The molecule has 0 saturated carbocycles. The van der Waals surface area contributed by atoms with Crippen molar-refractivity contribution in [2.45, 2.75) is 124 Å². The maximum absolute atomic E-state index is 14.7. The third-order valence-electron chi connectivity index (χ3n) is 10.6. The standard InChI is InChI=1S/C41H60N8O7S/c1-22(2)29-35(53)48-32(40(5,6)7)34(43-21-27(50)49-18-16-23(3)31(49)37(55)45-29)47-33(41(8,9)10)38(56)46-30(24(4)25-14-12-11-13-15-25)36(54)44-26(20-28(51)52)39-42-17-19-57-39/h11-15,17,19,22-24,26,29-33H,16,18,20-21H2,1-10H3,(H,43,47)(H,44,54)(H,45,55)(H,46,56)(H,48,53)(H,51,52)/t23-,24?,26+,29+,30+,31+,32-,33-/m1/s1. The second kappa shape index (κ2) is 18.6. The van der Waals surface area contributed by atoms with E-state index in [4.69, 9.17) is 4.99 Å². The highest BCUT2D eigenvalue weighted by Crippen LogP contribution is 2.29. The van der Waals surface area contributed by atoms with E-state index >= 15 is 0 Å². The number of aliphatic carboxylic acids is 1. The lowest BCUT2D eigenvalue weighted by atomic mass is 9.82. The van der Waals surface area contributed by atoms with Gasteiger partial charge in [0.05, 0.1) is 18.5 Å². The van der Waals surface area contributed by atoms with Crippen LogP contribution in [0.1, 0.15) is 105 Å². The van der Waals surface area contributed by atoms with Crippen molar-refractivity contribution in [1.29, 1.82) is 0 Å². The number of amides is 5. The molecular weight excluding hydrogens is 749 g/mol. The molecule has 1 aromatic carbocycles. The van der Waals surface area contributed by atoms with Crippen molar-refractivity contribution in [3.63, 3.8) is 0 Å². The zero-order valence-electron chi connectivity index (χ0n) is 34.7. The van der Waals surface area contributed by atoms with Gasteiger partial charge in [-0.1, -0.05) is 99.6 Å². The number of aromatic nitrogens is 1. The van der Waals surface area contributed by atoms with Gasteiger partial charge in [0.15, 0.2) is 0 Å². The first kappa shape index (κ1) is 44.8. The predicted molar refractivity (Wildman–Crippen MR) is 218 cm³/mol. The Balaban J connectivity index is 1.76. The average Bonchev–Trinajstić information content (AvgIpc) is 3.80. The maximum atomic E-state index is 14.7. The summed E-state index contributed by atoms with van der Waals surface area (Å²) in [6.45, 7) is 18.6. The third kappa shape index (κ3) is 11.4. The lowest BCUT2D eigenvalue weighted by Crippen LogP contribution is -2.65. The first-order valence-corrected chi connectivity index (χ1v) is 20.5. The second-order valence-corrected chi connectivity index (χ2v) is 18.6. The van der Waals surface area contributed by atoms with Crippen LogP contribution in [0.15, 0.2) is 46.9 Å². The van der Waals surface area contributed by atoms with Crippen LogP contribution in [0, 0.1) is 22.7 Å². The molecule has 2 aromatic rings. The molecule has 0 radical (unpaired) electrons. The van der Waals surface area contributed by atoms with Gasteiger partial charge in [-0.15, -0.1) is 11.3 Å². The minimum absolute atomic E-state index is 0.130. The maximum Gasteiger partial charge on any atom is 0.305 e. The molecule has 1 saturated heterocycles. The number of nitrogens with one attached hydrogen (secondary N) is 5. The number of thiazole rings is 1. The van der Waals surface area contributed by atoms with E-state index < -0.39 is 83.1 Å². The van der Waals surface area contributed by atoms with Crippen molar-refractivity contribution in [2.75, 3.05) is 13.1 Å². The number of hydrogen-bond acceptors (Lipinski definition) is 10. The van der Waals surface area contributed by atoms with Crippen molar-refractivity contribution in [2.24, 2.45) is 27.7 Å². The van der Waals surface area contributed by atoms with Gasteiger partial charge in [0, 0.05) is 24.0 Å². The van der Waals surface area contributed by atoms with Crippen LogP contribution in [0.4, 0.5) is 0 Å². The molecule has 57 heavy (non-hydrogen) atoms. The summed E-state index contributed by atoms with van der Waals surface area (Å²) in [7, 11) is 0. The number of carbonyl (C=O) groups excluding carboxylic acids is 5. The van der Waals surface area contributed by atoms with E-state index in [1.807, 2.05) is 92.6 Å². The van der Waals surface area contributed by atoms with Gasteiger partial charge in [-0.2, -0.15) is 0 Å². The summed E-state index contributed by atoms with van der Waals surface area (Å²) in [4.78, 5) is 92.8.